The fraction of sp³-hybridized carbons (Fsp3) is 0.0417. The van der Waals surface area contributed by atoms with E-state index < -0.39 is 0 Å². The lowest BCUT2D eigenvalue weighted by Crippen LogP contribution is -2.22. The van der Waals surface area contributed by atoms with E-state index in [1.807, 2.05) is 30.3 Å². The highest BCUT2D eigenvalue weighted by molar-refractivity contribution is 9.10. The van der Waals surface area contributed by atoms with Crippen LogP contribution in [0.2, 0.25) is 0 Å². The fourth-order valence-corrected chi connectivity index (χ4v) is 3.21. The van der Waals surface area contributed by atoms with Gasteiger partial charge in [-0.1, -0.05) is 34.1 Å². The fourth-order valence-electron chi connectivity index (χ4n) is 2.95. The average molecular weight is 477 g/mol. The monoisotopic (exact) mass is 476 g/mol. The topological polar surface area (TPSA) is 66.9 Å². The van der Waals surface area contributed by atoms with E-state index in [0.29, 0.717) is 23.6 Å². The van der Waals surface area contributed by atoms with Gasteiger partial charge in [-0.3, -0.25) is 4.79 Å². The Morgan fingerprint density at radius 1 is 0.903 bits per heavy atom. The zero-order valence-corrected chi connectivity index (χ0v) is 17.9. The van der Waals surface area contributed by atoms with Crippen molar-refractivity contribution in [2.75, 3.05) is 5.32 Å². The van der Waals surface area contributed by atoms with Crippen LogP contribution in [-0.2, 0) is 6.54 Å². The number of hydrogen-bond donors (Lipinski definition) is 2. The van der Waals surface area contributed by atoms with Crippen LogP contribution in [0.25, 0.3) is 11.3 Å². The van der Waals surface area contributed by atoms with E-state index in [2.05, 4.69) is 36.8 Å². The van der Waals surface area contributed by atoms with Gasteiger partial charge in [-0.15, -0.1) is 10.2 Å². The summed E-state index contributed by atoms with van der Waals surface area (Å²) in [5.41, 5.74) is 3.71. The number of aromatic nitrogens is 2. The first-order valence-corrected chi connectivity index (χ1v) is 10.4. The van der Waals surface area contributed by atoms with Crippen LogP contribution in [0.4, 0.5) is 15.9 Å². The molecule has 1 amide bonds. The number of rotatable bonds is 6. The highest BCUT2D eigenvalue weighted by atomic mass is 79.9. The van der Waals surface area contributed by atoms with E-state index >= 15 is 0 Å². The van der Waals surface area contributed by atoms with Crippen LogP contribution in [0.5, 0.6) is 0 Å². The van der Waals surface area contributed by atoms with Crippen molar-refractivity contribution < 1.29 is 9.18 Å². The molecule has 0 saturated carbocycles. The summed E-state index contributed by atoms with van der Waals surface area (Å²) in [6, 6.07) is 24.6. The van der Waals surface area contributed by atoms with E-state index in [4.69, 9.17) is 0 Å². The summed E-state index contributed by atoms with van der Waals surface area (Å²) in [6.07, 6.45) is 0. The predicted molar refractivity (Wildman–Crippen MR) is 122 cm³/mol. The summed E-state index contributed by atoms with van der Waals surface area (Å²) in [5.74, 6) is 0.0818. The molecular formula is C24H18BrFN4O. The molecule has 5 nitrogen and oxygen atoms in total. The molecule has 0 aliphatic carbocycles. The quantitative estimate of drug-likeness (QED) is 0.373. The Labute approximate surface area is 187 Å². The lowest BCUT2D eigenvalue weighted by Gasteiger charge is -2.09. The Morgan fingerprint density at radius 3 is 2.39 bits per heavy atom. The number of nitrogens with zero attached hydrogens (tertiary/aromatic N) is 2. The summed E-state index contributed by atoms with van der Waals surface area (Å²) in [7, 11) is 0. The molecule has 0 aliphatic heterocycles. The summed E-state index contributed by atoms with van der Waals surface area (Å²) in [4.78, 5) is 12.5. The van der Waals surface area contributed by atoms with Gasteiger partial charge in [-0.2, -0.15) is 0 Å². The molecule has 154 valence electrons. The van der Waals surface area contributed by atoms with Gasteiger partial charge in [0.15, 0.2) is 5.82 Å². The van der Waals surface area contributed by atoms with Gasteiger partial charge in [-0.25, -0.2) is 4.39 Å². The maximum Gasteiger partial charge on any atom is 0.251 e. The molecule has 0 saturated heterocycles. The third kappa shape index (κ3) is 5.52. The second-order valence-electron chi connectivity index (χ2n) is 6.83. The van der Waals surface area contributed by atoms with Crippen LogP contribution >= 0.6 is 15.9 Å². The van der Waals surface area contributed by atoms with Crippen molar-refractivity contribution in [3.05, 3.63) is 106 Å². The predicted octanol–water partition coefficient (Wildman–Crippen LogP) is 5.72. The zero-order valence-electron chi connectivity index (χ0n) is 16.3. The molecule has 1 aromatic heterocycles. The number of halogens is 2. The minimum absolute atomic E-state index is 0.163. The first-order chi connectivity index (χ1) is 15.1. The molecule has 0 fully saturated rings. The first-order valence-electron chi connectivity index (χ1n) is 9.56. The van der Waals surface area contributed by atoms with E-state index in [1.54, 1.807) is 42.5 Å². The number of benzene rings is 3. The van der Waals surface area contributed by atoms with Gasteiger partial charge in [0.25, 0.3) is 5.91 Å². The van der Waals surface area contributed by atoms with Crippen molar-refractivity contribution in [1.29, 1.82) is 0 Å². The minimum atomic E-state index is -0.296. The van der Waals surface area contributed by atoms with Crippen LogP contribution in [-0.4, -0.2) is 16.1 Å². The van der Waals surface area contributed by atoms with Gasteiger partial charge in [0.05, 0.1) is 5.69 Å². The third-order valence-corrected chi connectivity index (χ3v) is 5.10. The van der Waals surface area contributed by atoms with Crippen LogP contribution < -0.4 is 10.6 Å². The molecule has 4 aromatic rings. The molecular weight excluding hydrogens is 459 g/mol. The number of anilines is 2. The second kappa shape index (κ2) is 9.49. The van der Waals surface area contributed by atoms with Crippen molar-refractivity contribution in [3.8, 4) is 11.3 Å². The molecule has 0 atom stereocenters. The van der Waals surface area contributed by atoms with Crippen molar-refractivity contribution in [3.63, 3.8) is 0 Å². The van der Waals surface area contributed by atoms with E-state index in [9.17, 15) is 9.18 Å². The molecule has 3 aromatic carbocycles. The third-order valence-electron chi connectivity index (χ3n) is 4.57. The Balaban J connectivity index is 1.40. The molecule has 7 heteroatoms. The molecule has 2 N–H and O–H groups in total. The molecule has 4 rings (SSSR count). The maximum atomic E-state index is 13.1. The number of amides is 1. The van der Waals surface area contributed by atoms with Crippen LogP contribution in [0.15, 0.2) is 89.4 Å². The highest BCUT2D eigenvalue weighted by Gasteiger charge is 2.07. The minimum Gasteiger partial charge on any atom is -0.348 e. The normalized spacial score (nSPS) is 10.5. The molecule has 0 radical (unpaired) electrons. The maximum absolute atomic E-state index is 13.1. The van der Waals surface area contributed by atoms with Crippen molar-refractivity contribution >= 4 is 33.3 Å². The van der Waals surface area contributed by atoms with Gasteiger partial charge in [0, 0.05) is 27.8 Å². The van der Waals surface area contributed by atoms with Gasteiger partial charge in [-0.05, 0) is 72.3 Å². The molecule has 1 heterocycles. The standard InChI is InChI=1S/C24H18BrFN4O/c25-19-8-4-16(5-9-19)15-27-24(31)18-2-1-3-21(14-18)28-23-13-12-22(29-30-23)17-6-10-20(26)11-7-17/h1-14H,15H2,(H,27,31)(H,28,30). The zero-order chi connectivity index (χ0) is 21.6. The molecule has 0 spiro atoms. The smallest absolute Gasteiger partial charge is 0.251 e. The SMILES string of the molecule is O=C(NCc1ccc(Br)cc1)c1cccc(Nc2ccc(-c3ccc(F)cc3)nn2)c1. The second-order valence-corrected chi connectivity index (χ2v) is 7.74. The van der Waals surface area contributed by atoms with Crippen LogP contribution in [0, 0.1) is 5.82 Å². The van der Waals surface area contributed by atoms with Crippen LogP contribution in [0.3, 0.4) is 0 Å². The lowest BCUT2D eigenvalue weighted by atomic mass is 10.1. The summed E-state index contributed by atoms with van der Waals surface area (Å²) in [5, 5.41) is 14.4. The largest absolute Gasteiger partial charge is 0.348 e. The van der Waals surface area contributed by atoms with Crippen molar-refractivity contribution in [2.24, 2.45) is 0 Å². The number of nitrogens with one attached hydrogen (secondary N) is 2. The van der Waals surface area contributed by atoms with Crippen molar-refractivity contribution in [1.82, 2.24) is 15.5 Å². The van der Waals surface area contributed by atoms with Crippen LogP contribution in [0.1, 0.15) is 15.9 Å². The molecule has 31 heavy (non-hydrogen) atoms. The number of carbonyl (C=O) groups is 1. The van der Waals surface area contributed by atoms with Gasteiger partial charge < -0.3 is 10.6 Å². The highest BCUT2D eigenvalue weighted by Crippen LogP contribution is 2.20. The Bertz CT molecular complexity index is 1180. The van der Waals surface area contributed by atoms with Gasteiger partial charge in [0.2, 0.25) is 0 Å². The lowest BCUT2D eigenvalue weighted by molar-refractivity contribution is 0.0951. The summed E-state index contributed by atoms with van der Waals surface area (Å²) >= 11 is 3.40. The van der Waals surface area contributed by atoms with Gasteiger partial charge in [0.1, 0.15) is 5.82 Å². The molecule has 0 aliphatic rings. The number of hydrogen-bond acceptors (Lipinski definition) is 4. The van der Waals surface area contributed by atoms with Gasteiger partial charge >= 0.3 is 0 Å². The Morgan fingerprint density at radius 2 is 1.68 bits per heavy atom. The molecule has 0 bridgehead atoms. The average Bonchev–Trinajstić information content (AvgIpc) is 2.80. The summed E-state index contributed by atoms with van der Waals surface area (Å²) in [6.45, 7) is 0.445. The van der Waals surface area contributed by atoms with Crippen molar-refractivity contribution in [2.45, 2.75) is 6.54 Å². The first kappa shape index (κ1) is 20.7. The Hall–Kier alpha value is -3.58. The van der Waals surface area contributed by atoms with E-state index in [0.717, 1.165) is 21.3 Å². The van der Waals surface area contributed by atoms with E-state index in [1.165, 1.54) is 12.1 Å². The summed E-state index contributed by atoms with van der Waals surface area (Å²) < 4.78 is 14.1. The van der Waals surface area contributed by atoms with E-state index in [-0.39, 0.29) is 11.7 Å². The number of carbonyl (C=O) groups excluding carboxylic acids is 1. The molecule has 0 unspecified atom stereocenters. The Kier molecular flexibility index (Phi) is 6.33.